The molecule has 1 aromatic rings. The van der Waals surface area contributed by atoms with Crippen molar-refractivity contribution in [1.82, 2.24) is 9.80 Å². The Kier molecular flexibility index (Phi) is 5.39. The summed E-state index contributed by atoms with van der Waals surface area (Å²) in [5, 5.41) is 1.06. The van der Waals surface area contributed by atoms with Crippen molar-refractivity contribution < 1.29 is 13.2 Å². The summed E-state index contributed by atoms with van der Waals surface area (Å²) in [5.41, 5.74) is 0.774. The van der Waals surface area contributed by atoms with Crippen LogP contribution in [0.3, 0.4) is 0 Å². The molecule has 5 nitrogen and oxygen atoms in total. The van der Waals surface area contributed by atoms with E-state index in [1.165, 1.54) is 0 Å². The molecule has 0 radical (unpaired) electrons. The van der Waals surface area contributed by atoms with Crippen molar-refractivity contribution in [2.45, 2.75) is 18.9 Å². The van der Waals surface area contributed by atoms with E-state index in [-0.39, 0.29) is 29.9 Å². The van der Waals surface area contributed by atoms with Gasteiger partial charge >= 0.3 is 0 Å². The zero-order valence-electron chi connectivity index (χ0n) is 13.2. The molecule has 1 atom stereocenters. The van der Waals surface area contributed by atoms with E-state index in [9.17, 15) is 13.2 Å². The molecule has 1 amide bonds. The number of amides is 1. The monoisotopic (exact) mass is 390 g/mol. The number of hydrogen-bond donors (Lipinski definition) is 0. The van der Waals surface area contributed by atoms with Crippen LogP contribution in [0.5, 0.6) is 0 Å². The van der Waals surface area contributed by atoms with Crippen LogP contribution in [0.1, 0.15) is 12.0 Å². The van der Waals surface area contributed by atoms with Gasteiger partial charge in [-0.15, -0.1) is 0 Å². The molecule has 0 bridgehead atoms. The van der Waals surface area contributed by atoms with Crippen molar-refractivity contribution in [2.24, 2.45) is 0 Å². The minimum Gasteiger partial charge on any atom is -0.340 e. The van der Waals surface area contributed by atoms with E-state index in [0.717, 1.165) is 18.7 Å². The lowest BCUT2D eigenvalue weighted by atomic mass is 10.1. The summed E-state index contributed by atoms with van der Waals surface area (Å²) in [4.78, 5) is 16.5. The fourth-order valence-electron chi connectivity index (χ4n) is 3.34. The number of carbonyl (C=O) groups is 1. The Balaban J connectivity index is 1.53. The van der Waals surface area contributed by atoms with Gasteiger partial charge in [0, 0.05) is 42.3 Å². The molecule has 1 aromatic carbocycles. The second-order valence-electron chi connectivity index (χ2n) is 6.39. The predicted molar refractivity (Wildman–Crippen MR) is 95.4 cm³/mol. The average molecular weight is 391 g/mol. The molecule has 0 unspecified atom stereocenters. The lowest BCUT2D eigenvalue weighted by molar-refractivity contribution is -0.132. The molecule has 0 N–H and O–H groups in total. The predicted octanol–water partition coefficient (Wildman–Crippen LogP) is 1.87. The van der Waals surface area contributed by atoms with Crippen LogP contribution in [-0.2, 0) is 21.1 Å². The van der Waals surface area contributed by atoms with Crippen molar-refractivity contribution in [3.63, 3.8) is 0 Å². The van der Waals surface area contributed by atoms with Crippen molar-refractivity contribution in [2.75, 3.05) is 37.7 Å². The van der Waals surface area contributed by atoms with E-state index in [1.54, 1.807) is 18.2 Å². The van der Waals surface area contributed by atoms with Gasteiger partial charge in [0.15, 0.2) is 9.84 Å². The van der Waals surface area contributed by atoms with Crippen LogP contribution in [0, 0.1) is 0 Å². The Morgan fingerprint density at radius 3 is 2.46 bits per heavy atom. The summed E-state index contributed by atoms with van der Waals surface area (Å²) in [7, 11) is -2.87. The average Bonchev–Trinajstić information content (AvgIpc) is 2.90. The van der Waals surface area contributed by atoms with Crippen LogP contribution < -0.4 is 0 Å². The van der Waals surface area contributed by atoms with E-state index in [2.05, 4.69) is 4.90 Å². The second-order valence-corrected chi connectivity index (χ2v) is 9.46. The Labute approximate surface area is 152 Å². The molecule has 3 rings (SSSR count). The normalized spacial score (nSPS) is 24.2. The number of carbonyl (C=O) groups excluding carboxylic acids is 1. The highest BCUT2D eigenvalue weighted by Crippen LogP contribution is 2.23. The number of sulfone groups is 1. The molecule has 2 aliphatic heterocycles. The van der Waals surface area contributed by atoms with Crippen LogP contribution >= 0.6 is 23.2 Å². The quantitative estimate of drug-likeness (QED) is 0.790. The van der Waals surface area contributed by atoms with Gasteiger partial charge < -0.3 is 4.90 Å². The number of hydrogen-bond acceptors (Lipinski definition) is 4. The number of halogens is 2. The molecule has 8 heteroatoms. The fraction of sp³-hybridized carbons (Fsp3) is 0.562. The second kappa shape index (κ2) is 7.20. The zero-order chi connectivity index (χ0) is 17.3. The zero-order valence-corrected chi connectivity index (χ0v) is 15.6. The maximum Gasteiger partial charge on any atom is 0.227 e. The number of benzene rings is 1. The van der Waals surface area contributed by atoms with Crippen LogP contribution in [0.2, 0.25) is 10.0 Å². The van der Waals surface area contributed by atoms with Gasteiger partial charge in [-0.05, 0) is 24.1 Å². The summed E-state index contributed by atoms with van der Waals surface area (Å²) in [5.74, 6) is 0.575. The molecular weight excluding hydrogens is 371 g/mol. The molecule has 2 aliphatic rings. The van der Waals surface area contributed by atoms with E-state index < -0.39 is 9.84 Å². The van der Waals surface area contributed by atoms with Gasteiger partial charge in [0.2, 0.25) is 5.91 Å². The van der Waals surface area contributed by atoms with Crippen LogP contribution in [-0.4, -0.2) is 67.9 Å². The summed E-state index contributed by atoms with van der Waals surface area (Å²) in [6.07, 6.45) is 0.963. The van der Waals surface area contributed by atoms with Crippen molar-refractivity contribution in [3.05, 3.63) is 33.8 Å². The third kappa shape index (κ3) is 4.23. The van der Waals surface area contributed by atoms with Crippen LogP contribution in [0.4, 0.5) is 0 Å². The first kappa shape index (κ1) is 18.0. The Morgan fingerprint density at radius 2 is 1.88 bits per heavy atom. The number of rotatable bonds is 3. The molecule has 132 valence electrons. The van der Waals surface area contributed by atoms with Gasteiger partial charge in [-0.3, -0.25) is 9.69 Å². The smallest absolute Gasteiger partial charge is 0.227 e. The molecule has 0 aliphatic carbocycles. The highest BCUT2D eigenvalue weighted by Gasteiger charge is 2.34. The third-order valence-electron chi connectivity index (χ3n) is 4.75. The summed E-state index contributed by atoms with van der Waals surface area (Å²) >= 11 is 12.0. The maximum absolute atomic E-state index is 12.5. The van der Waals surface area contributed by atoms with E-state index >= 15 is 0 Å². The SMILES string of the molecule is O=C(Cc1ccc(Cl)cc1Cl)N1CCN([C@@H]2CCS(=O)(=O)C2)CC1. The fourth-order valence-corrected chi connectivity index (χ4v) is 5.58. The minimum atomic E-state index is -2.87. The molecule has 2 saturated heterocycles. The lowest BCUT2D eigenvalue weighted by Gasteiger charge is -2.37. The first-order chi connectivity index (χ1) is 11.3. The largest absolute Gasteiger partial charge is 0.340 e. The lowest BCUT2D eigenvalue weighted by Crippen LogP contribution is -2.52. The summed E-state index contributed by atoms with van der Waals surface area (Å²) in [6, 6.07) is 5.26. The maximum atomic E-state index is 12.5. The minimum absolute atomic E-state index is 0.0397. The highest BCUT2D eigenvalue weighted by molar-refractivity contribution is 7.91. The molecular formula is C16H20Cl2N2O3S. The molecule has 0 aromatic heterocycles. The number of piperazine rings is 1. The molecule has 0 saturated carbocycles. The standard InChI is InChI=1S/C16H20Cl2N2O3S/c17-13-2-1-12(15(18)10-13)9-16(21)20-6-4-19(5-7-20)14-3-8-24(22,23)11-14/h1-2,10,14H,3-9,11H2/t14-/m1/s1. The molecule has 2 fully saturated rings. The Hall–Kier alpha value is -0.820. The molecule has 24 heavy (non-hydrogen) atoms. The van der Waals surface area contributed by atoms with Gasteiger partial charge in [-0.1, -0.05) is 29.3 Å². The van der Waals surface area contributed by atoms with E-state index in [1.807, 2.05) is 4.90 Å². The summed E-state index contributed by atoms with van der Waals surface area (Å²) in [6.45, 7) is 2.70. The first-order valence-corrected chi connectivity index (χ1v) is 10.6. The first-order valence-electron chi connectivity index (χ1n) is 8.00. The van der Waals surface area contributed by atoms with Crippen molar-refractivity contribution >= 4 is 38.9 Å². The van der Waals surface area contributed by atoms with Gasteiger partial charge in [-0.2, -0.15) is 0 Å². The van der Waals surface area contributed by atoms with Gasteiger partial charge in [-0.25, -0.2) is 8.42 Å². The Bertz CT molecular complexity index is 731. The van der Waals surface area contributed by atoms with Crippen LogP contribution in [0.25, 0.3) is 0 Å². The molecule has 2 heterocycles. The van der Waals surface area contributed by atoms with E-state index in [4.69, 9.17) is 23.2 Å². The summed E-state index contributed by atoms with van der Waals surface area (Å²) < 4.78 is 23.2. The van der Waals surface area contributed by atoms with Gasteiger partial charge in [0.25, 0.3) is 0 Å². The number of nitrogens with zero attached hydrogens (tertiary/aromatic N) is 2. The molecule has 0 spiro atoms. The highest BCUT2D eigenvalue weighted by atomic mass is 35.5. The topological polar surface area (TPSA) is 57.7 Å². The van der Waals surface area contributed by atoms with Crippen molar-refractivity contribution in [3.8, 4) is 0 Å². The van der Waals surface area contributed by atoms with Crippen molar-refractivity contribution in [1.29, 1.82) is 0 Å². The van der Waals surface area contributed by atoms with Gasteiger partial charge in [0.05, 0.1) is 17.9 Å². The van der Waals surface area contributed by atoms with Crippen LogP contribution in [0.15, 0.2) is 18.2 Å². The Morgan fingerprint density at radius 1 is 1.17 bits per heavy atom. The van der Waals surface area contributed by atoms with E-state index in [0.29, 0.717) is 29.6 Å². The van der Waals surface area contributed by atoms with Gasteiger partial charge in [0.1, 0.15) is 0 Å². The third-order valence-corrected chi connectivity index (χ3v) is 7.09.